The molecular formula is C23H19F3N6O5S. The van der Waals surface area contributed by atoms with Crippen molar-refractivity contribution in [2.75, 3.05) is 17.7 Å². The van der Waals surface area contributed by atoms with Gasteiger partial charge >= 0.3 is 12.1 Å². The molecule has 4 rings (SSSR count). The zero-order chi connectivity index (χ0) is 27.7. The van der Waals surface area contributed by atoms with Crippen LogP contribution in [0.15, 0.2) is 70.6 Å². The highest BCUT2D eigenvalue weighted by atomic mass is 32.2. The number of sulfonamides is 1. The normalized spacial score (nSPS) is 11.9. The van der Waals surface area contributed by atoms with E-state index in [2.05, 4.69) is 30.4 Å². The van der Waals surface area contributed by atoms with E-state index in [0.29, 0.717) is 24.1 Å². The highest BCUT2D eigenvalue weighted by Crippen LogP contribution is 2.25. The fraction of sp³-hybridized carbons (Fsp3) is 0.130. The average Bonchev–Trinajstić information content (AvgIpc) is 2.83. The Morgan fingerprint density at radius 3 is 2.32 bits per heavy atom. The van der Waals surface area contributed by atoms with Gasteiger partial charge in [-0.2, -0.15) is 13.2 Å². The standard InChI is InChI=1S/C23H19F3N6O5S/c1-13-8-21(33)31-18-10-15(6-7-17(13)18)30-20-11-19(27-12-28-20)29-14-4-3-5-16(9-14)38(35,36)32(2)37-22(34)23(24,25)26/h3-12H,1-2H3,(H,31,33)(H2,27,28,29,30). The van der Waals surface area contributed by atoms with Crippen molar-refractivity contribution in [1.29, 1.82) is 0 Å². The smallest absolute Gasteiger partial charge is 0.345 e. The number of aromatic amines is 1. The van der Waals surface area contributed by atoms with Gasteiger partial charge in [-0.15, -0.1) is 0 Å². The lowest BCUT2D eigenvalue weighted by atomic mass is 10.1. The summed E-state index contributed by atoms with van der Waals surface area (Å²) < 4.78 is 62.3. The second kappa shape index (κ2) is 10.1. The van der Waals surface area contributed by atoms with E-state index in [4.69, 9.17) is 0 Å². The molecule has 2 aromatic heterocycles. The molecule has 0 aliphatic carbocycles. The average molecular weight is 549 g/mol. The topological polar surface area (TPSA) is 146 Å². The molecule has 3 N–H and O–H groups in total. The summed E-state index contributed by atoms with van der Waals surface area (Å²) in [6.45, 7) is 1.83. The van der Waals surface area contributed by atoms with Crippen LogP contribution in [0.25, 0.3) is 10.9 Å². The molecule has 0 fully saturated rings. The lowest BCUT2D eigenvalue weighted by Crippen LogP contribution is -2.36. The van der Waals surface area contributed by atoms with Crippen LogP contribution in [0.3, 0.4) is 0 Å². The molecule has 0 aliphatic rings. The summed E-state index contributed by atoms with van der Waals surface area (Å²) in [6, 6.07) is 13.5. The number of anilines is 4. The van der Waals surface area contributed by atoms with Crippen LogP contribution in [0.5, 0.6) is 0 Å². The number of rotatable bonds is 7. The number of fused-ring (bicyclic) bond motifs is 1. The summed E-state index contributed by atoms with van der Waals surface area (Å²) in [5, 5.41) is 6.85. The molecule has 0 unspecified atom stereocenters. The molecule has 198 valence electrons. The number of carbonyl (C=O) groups excluding carboxylic acids is 1. The van der Waals surface area contributed by atoms with Crippen LogP contribution in [-0.4, -0.2) is 47.0 Å². The van der Waals surface area contributed by atoms with Crippen molar-refractivity contribution in [2.45, 2.75) is 18.0 Å². The fourth-order valence-electron chi connectivity index (χ4n) is 3.40. The maximum Gasteiger partial charge on any atom is 0.492 e. The number of hydroxylamine groups is 1. The first-order valence-electron chi connectivity index (χ1n) is 10.7. The quantitative estimate of drug-likeness (QED) is 0.294. The Labute approximate surface area is 213 Å². The molecule has 0 amide bonds. The molecular weight excluding hydrogens is 529 g/mol. The van der Waals surface area contributed by atoms with Gasteiger partial charge in [0.1, 0.15) is 18.0 Å². The van der Waals surface area contributed by atoms with E-state index in [1.165, 1.54) is 30.6 Å². The minimum absolute atomic E-state index is 0.160. The highest BCUT2D eigenvalue weighted by molar-refractivity contribution is 7.89. The molecule has 0 bridgehead atoms. The minimum atomic E-state index is -5.37. The molecule has 15 heteroatoms. The van der Waals surface area contributed by atoms with Crippen molar-refractivity contribution in [3.8, 4) is 0 Å². The van der Waals surface area contributed by atoms with E-state index >= 15 is 0 Å². The Kier molecular flexibility index (Phi) is 7.06. The monoisotopic (exact) mass is 548 g/mol. The van der Waals surface area contributed by atoms with E-state index in [1.807, 2.05) is 13.0 Å². The summed E-state index contributed by atoms with van der Waals surface area (Å²) in [5.41, 5.74) is 2.10. The predicted molar refractivity (Wildman–Crippen MR) is 131 cm³/mol. The number of aromatic nitrogens is 3. The zero-order valence-electron chi connectivity index (χ0n) is 19.7. The third-order valence-electron chi connectivity index (χ3n) is 5.18. The van der Waals surface area contributed by atoms with Crippen molar-refractivity contribution >= 4 is 49.9 Å². The molecule has 0 aliphatic heterocycles. The molecule has 0 saturated carbocycles. The summed E-state index contributed by atoms with van der Waals surface area (Å²) >= 11 is 0. The van der Waals surface area contributed by atoms with E-state index < -0.39 is 27.1 Å². The maximum atomic E-state index is 12.6. The largest absolute Gasteiger partial charge is 0.492 e. The van der Waals surface area contributed by atoms with Crippen LogP contribution < -0.4 is 16.2 Å². The first-order valence-corrected chi connectivity index (χ1v) is 12.1. The van der Waals surface area contributed by atoms with Gasteiger partial charge in [-0.1, -0.05) is 12.1 Å². The third kappa shape index (κ3) is 5.90. The van der Waals surface area contributed by atoms with Gasteiger partial charge in [0.05, 0.1) is 10.4 Å². The van der Waals surface area contributed by atoms with Gasteiger partial charge in [-0.05, 0) is 47.3 Å². The number of halogens is 3. The summed E-state index contributed by atoms with van der Waals surface area (Å²) in [5.74, 6) is -2.04. The third-order valence-corrected chi connectivity index (χ3v) is 6.78. The molecule has 0 saturated heterocycles. The second-order valence-corrected chi connectivity index (χ2v) is 9.87. The molecule has 0 atom stereocenters. The Morgan fingerprint density at radius 1 is 1.00 bits per heavy atom. The van der Waals surface area contributed by atoms with Crippen molar-refractivity contribution in [2.24, 2.45) is 0 Å². The number of nitrogens with one attached hydrogen (secondary N) is 3. The van der Waals surface area contributed by atoms with Crippen molar-refractivity contribution in [3.05, 3.63) is 76.8 Å². The maximum absolute atomic E-state index is 12.6. The molecule has 2 aromatic carbocycles. The first kappa shape index (κ1) is 26.6. The Morgan fingerprint density at radius 2 is 1.66 bits per heavy atom. The van der Waals surface area contributed by atoms with Crippen molar-refractivity contribution in [3.63, 3.8) is 0 Å². The number of aryl methyl sites for hydroxylation is 1. The van der Waals surface area contributed by atoms with Gasteiger partial charge in [0.15, 0.2) is 0 Å². The number of hydrogen-bond acceptors (Lipinski definition) is 9. The minimum Gasteiger partial charge on any atom is -0.345 e. The lowest BCUT2D eigenvalue weighted by Gasteiger charge is -2.17. The van der Waals surface area contributed by atoms with Crippen LogP contribution in [0, 0.1) is 6.92 Å². The number of H-pyrrole nitrogens is 1. The Hall–Kier alpha value is -4.50. The number of hydrogen-bond donors (Lipinski definition) is 3. The van der Waals surface area contributed by atoms with Gasteiger partial charge in [-0.25, -0.2) is 23.2 Å². The summed E-state index contributed by atoms with van der Waals surface area (Å²) in [4.78, 5) is 37.3. The second-order valence-electron chi connectivity index (χ2n) is 7.93. The van der Waals surface area contributed by atoms with E-state index in [9.17, 15) is 31.2 Å². The lowest BCUT2D eigenvalue weighted by molar-refractivity contribution is -0.219. The number of carbonyl (C=O) groups is 1. The number of nitrogens with zero attached hydrogens (tertiary/aromatic N) is 3. The van der Waals surface area contributed by atoms with Gasteiger partial charge in [0, 0.05) is 35.9 Å². The van der Waals surface area contributed by atoms with E-state index in [-0.39, 0.29) is 21.5 Å². The van der Waals surface area contributed by atoms with Crippen LogP contribution in [-0.2, 0) is 19.7 Å². The van der Waals surface area contributed by atoms with Gasteiger partial charge < -0.3 is 20.5 Å². The van der Waals surface area contributed by atoms with Crippen LogP contribution in [0.2, 0.25) is 0 Å². The van der Waals surface area contributed by atoms with Crippen molar-refractivity contribution in [1.82, 2.24) is 19.4 Å². The zero-order valence-corrected chi connectivity index (χ0v) is 20.5. The summed E-state index contributed by atoms with van der Waals surface area (Å²) in [6.07, 6.45) is -4.11. The van der Waals surface area contributed by atoms with Crippen LogP contribution in [0.1, 0.15) is 5.56 Å². The molecule has 2 heterocycles. The Bertz CT molecular complexity index is 1690. The SMILES string of the molecule is Cc1cc(=O)[nH]c2cc(Nc3cc(Nc4cccc(S(=O)(=O)N(C)OC(=O)C(F)(F)F)c4)ncn3)ccc12. The molecule has 4 aromatic rings. The number of pyridine rings is 1. The van der Waals surface area contributed by atoms with E-state index in [0.717, 1.165) is 23.1 Å². The predicted octanol–water partition coefficient (Wildman–Crippen LogP) is 3.75. The van der Waals surface area contributed by atoms with Gasteiger partial charge in [-0.3, -0.25) is 4.79 Å². The highest BCUT2D eigenvalue weighted by Gasteiger charge is 2.43. The number of alkyl halides is 3. The molecule has 11 nitrogen and oxygen atoms in total. The summed E-state index contributed by atoms with van der Waals surface area (Å²) in [7, 11) is -3.93. The molecule has 0 radical (unpaired) electrons. The molecule has 38 heavy (non-hydrogen) atoms. The van der Waals surface area contributed by atoms with Crippen LogP contribution in [0.4, 0.5) is 36.2 Å². The fourth-order valence-corrected chi connectivity index (χ4v) is 4.39. The molecule has 0 spiro atoms. The van der Waals surface area contributed by atoms with Gasteiger partial charge in [0.2, 0.25) is 5.56 Å². The van der Waals surface area contributed by atoms with Crippen molar-refractivity contribution < 1.29 is 31.2 Å². The van der Waals surface area contributed by atoms with E-state index in [1.54, 1.807) is 12.1 Å². The Balaban J connectivity index is 1.52. The van der Waals surface area contributed by atoms with Gasteiger partial charge in [0.25, 0.3) is 10.0 Å². The van der Waals surface area contributed by atoms with Crippen LogP contribution >= 0.6 is 0 Å². The number of benzene rings is 2. The first-order chi connectivity index (χ1) is 17.8.